The molecule has 0 radical (unpaired) electrons. The monoisotopic (exact) mass is 449 g/mol. The summed E-state index contributed by atoms with van der Waals surface area (Å²) in [5.41, 5.74) is 0.959. The lowest BCUT2D eigenvalue weighted by Gasteiger charge is -2.16. The minimum atomic E-state index is -4.28. The van der Waals surface area contributed by atoms with E-state index in [1.54, 1.807) is 4.57 Å². The van der Waals surface area contributed by atoms with E-state index >= 15 is 0 Å². The van der Waals surface area contributed by atoms with Gasteiger partial charge in [-0.05, 0) is 18.0 Å². The Labute approximate surface area is 170 Å². The fourth-order valence-corrected chi connectivity index (χ4v) is 3.87. The maximum absolute atomic E-state index is 10.9. The maximum atomic E-state index is 10.9. The van der Waals surface area contributed by atoms with Crippen LogP contribution in [0.25, 0.3) is 11.2 Å². The molecule has 29 heavy (non-hydrogen) atoms. The summed E-state index contributed by atoms with van der Waals surface area (Å²) in [6.07, 6.45) is -0.334. The van der Waals surface area contributed by atoms with Crippen molar-refractivity contribution in [1.82, 2.24) is 19.5 Å². The summed E-state index contributed by atoms with van der Waals surface area (Å²) in [5, 5.41) is 13.6. The van der Waals surface area contributed by atoms with Gasteiger partial charge < -0.3 is 34.4 Å². The van der Waals surface area contributed by atoms with Crippen molar-refractivity contribution in [3.05, 3.63) is 11.6 Å². The Morgan fingerprint density at radius 1 is 1.41 bits per heavy atom. The Kier molecular flexibility index (Phi) is 6.05. The molecule has 0 saturated carbocycles. The zero-order valence-corrected chi connectivity index (χ0v) is 16.9. The molecule has 2 aromatic rings. The number of hydrogen-bond acceptors (Lipinski definition) is 9. The van der Waals surface area contributed by atoms with Crippen LogP contribution in [0.3, 0.4) is 0 Å². The van der Waals surface area contributed by atoms with Gasteiger partial charge in [-0.3, -0.25) is 9.13 Å². The normalized spacial score (nSPS) is 27.7. The molecule has 12 nitrogen and oxygen atoms in total. The van der Waals surface area contributed by atoms with Gasteiger partial charge in [0.15, 0.2) is 17.0 Å². The van der Waals surface area contributed by atoms with Gasteiger partial charge in [0.1, 0.15) is 18.7 Å². The number of halogens is 1. The van der Waals surface area contributed by atoms with Crippen molar-refractivity contribution in [2.45, 2.75) is 37.3 Å². The van der Waals surface area contributed by atoms with Crippen LogP contribution in [0.5, 0.6) is 0 Å². The van der Waals surface area contributed by atoms with E-state index in [0.29, 0.717) is 30.2 Å². The van der Waals surface area contributed by atoms with Crippen LogP contribution in [0.15, 0.2) is 6.33 Å². The highest BCUT2D eigenvalue weighted by molar-refractivity contribution is 7.51. The van der Waals surface area contributed by atoms with Gasteiger partial charge >= 0.3 is 7.60 Å². The minimum Gasteiger partial charge on any atom is -0.390 e. The second-order valence-electron chi connectivity index (χ2n) is 6.97. The Morgan fingerprint density at radius 3 is 2.97 bits per heavy atom. The van der Waals surface area contributed by atoms with Gasteiger partial charge in [0, 0.05) is 13.0 Å². The third kappa shape index (κ3) is 4.86. The van der Waals surface area contributed by atoms with Gasteiger partial charge in [-0.15, -0.1) is 0 Å². The molecule has 2 aromatic heterocycles. The number of anilines is 1. The summed E-state index contributed by atoms with van der Waals surface area (Å²) in [4.78, 5) is 30.6. The van der Waals surface area contributed by atoms with E-state index in [1.165, 1.54) is 6.33 Å². The van der Waals surface area contributed by atoms with Crippen molar-refractivity contribution in [3.63, 3.8) is 0 Å². The maximum Gasteiger partial charge on any atom is 0.350 e. The molecule has 0 spiro atoms. The van der Waals surface area contributed by atoms with Crippen molar-refractivity contribution in [2.24, 2.45) is 0 Å². The molecule has 4 N–H and O–H groups in total. The summed E-state index contributed by atoms with van der Waals surface area (Å²) in [7, 11) is -4.28. The Balaban J connectivity index is 1.50. The summed E-state index contributed by atoms with van der Waals surface area (Å²) in [6.45, 7) is 1.09. The summed E-state index contributed by atoms with van der Waals surface area (Å²) < 4.78 is 28.7. The Hall–Kier alpha value is -1.37. The standard InChI is InChI=1S/C15H21ClN5O7P/c16-15-19-13(18-8-1-2-26-4-8)12-14(20-15)21(6-17-12)11-3-9(22)10(28-11)5-27-7-29(23,24)25/h6,8-11,22H,1-5,7H2,(H,18,19,20)(H2,23,24,25)/t8-,9+,10-,11?/m1/s1. The number of aromatic nitrogens is 4. The van der Waals surface area contributed by atoms with Gasteiger partial charge in [-0.1, -0.05) is 0 Å². The van der Waals surface area contributed by atoms with Crippen LogP contribution in [0.2, 0.25) is 5.28 Å². The predicted octanol–water partition coefficient (Wildman–Crippen LogP) is 0.481. The van der Waals surface area contributed by atoms with E-state index in [0.717, 1.165) is 6.42 Å². The van der Waals surface area contributed by atoms with E-state index in [4.69, 9.17) is 35.6 Å². The smallest absolute Gasteiger partial charge is 0.350 e. The number of imidazole rings is 1. The molecule has 2 aliphatic heterocycles. The number of rotatable bonds is 7. The van der Waals surface area contributed by atoms with Gasteiger partial charge in [0.25, 0.3) is 0 Å². The lowest BCUT2D eigenvalue weighted by Crippen LogP contribution is -2.26. The summed E-state index contributed by atoms with van der Waals surface area (Å²) in [5.74, 6) is 0.495. The molecule has 0 amide bonds. The molecule has 0 bridgehead atoms. The molecule has 0 aromatic carbocycles. The number of nitrogens with zero attached hydrogens (tertiary/aromatic N) is 4. The van der Waals surface area contributed by atoms with Crippen molar-refractivity contribution in [2.75, 3.05) is 31.5 Å². The highest BCUT2D eigenvalue weighted by Crippen LogP contribution is 2.36. The lowest BCUT2D eigenvalue weighted by atomic mass is 10.2. The number of ether oxygens (including phenoxy) is 3. The average Bonchev–Trinajstić information content (AvgIpc) is 3.34. The topological polar surface area (TPSA) is 161 Å². The first kappa shape index (κ1) is 20.9. The number of fused-ring (bicyclic) bond motifs is 1. The fraction of sp³-hybridized carbons (Fsp3) is 0.667. The first-order valence-corrected chi connectivity index (χ1v) is 11.2. The second-order valence-corrected chi connectivity index (χ2v) is 8.89. The molecule has 4 atom stereocenters. The van der Waals surface area contributed by atoms with E-state index in [-0.39, 0.29) is 24.4 Å². The molecular weight excluding hydrogens is 429 g/mol. The molecule has 14 heteroatoms. The molecule has 4 heterocycles. The lowest BCUT2D eigenvalue weighted by molar-refractivity contribution is -0.0564. The highest BCUT2D eigenvalue weighted by Gasteiger charge is 2.36. The van der Waals surface area contributed by atoms with Crippen LogP contribution in [0, 0.1) is 0 Å². The summed E-state index contributed by atoms with van der Waals surface area (Å²) >= 11 is 6.09. The zero-order chi connectivity index (χ0) is 20.6. The van der Waals surface area contributed by atoms with Crippen molar-refractivity contribution >= 4 is 36.2 Å². The van der Waals surface area contributed by atoms with E-state index in [1.807, 2.05) is 0 Å². The van der Waals surface area contributed by atoms with Crippen LogP contribution < -0.4 is 5.32 Å². The van der Waals surface area contributed by atoms with Gasteiger partial charge in [-0.25, -0.2) is 4.98 Å². The third-order valence-corrected chi connectivity index (χ3v) is 5.41. The zero-order valence-electron chi connectivity index (χ0n) is 15.2. The number of aliphatic hydroxyl groups is 1. The van der Waals surface area contributed by atoms with Crippen molar-refractivity contribution < 1.29 is 33.7 Å². The Morgan fingerprint density at radius 2 is 2.24 bits per heavy atom. The van der Waals surface area contributed by atoms with Crippen LogP contribution in [0.1, 0.15) is 19.1 Å². The molecule has 2 aliphatic rings. The first-order chi connectivity index (χ1) is 13.8. The first-order valence-electron chi connectivity index (χ1n) is 9.00. The Bertz CT molecular complexity index is 918. The summed E-state index contributed by atoms with van der Waals surface area (Å²) in [6, 6.07) is 0.106. The van der Waals surface area contributed by atoms with E-state index in [2.05, 4.69) is 20.3 Å². The van der Waals surface area contributed by atoms with E-state index < -0.39 is 32.4 Å². The molecule has 1 unspecified atom stereocenters. The van der Waals surface area contributed by atoms with Crippen LogP contribution >= 0.6 is 19.2 Å². The average molecular weight is 450 g/mol. The largest absolute Gasteiger partial charge is 0.390 e. The number of hydrogen-bond donors (Lipinski definition) is 4. The molecule has 2 saturated heterocycles. The van der Waals surface area contributed by atoms with E-state index in [9.17, 15) is 9.67 Å². The van der Waals surface area contributed by atoms with Gasteiger partial charge in [0.2, 0.25) is 5.28 Å². The predicted molar refractivity (Wildman–Crippen MR) is 101 cm³/mol. The number of nitrogens with one attached hydrogen (secondary N) is 1. The van der Waals surface area contributed by atoms with Crippen LogP contribution in [-0.4, -0.2) is 78.8 Å². The molecule has 4 rings (SSSR count). The van der Waals surface area contributed by atoms with Crippen LogP contribution in [0.4, 0.5) is 5.82 Å². The number of aliphatic hydroxyl groups excluding tert-OH is 1. The highest BCUT2D eigenvalue weighted by atomic mass is 35.5. The second kappa shape index (κ2) is 8.40. The van der Waals surface area contributed by atoms with Crippen LogP contribution in [-0.2, 0) is 18.8 Å². The molecule has 160 valence electrons. The van der Waals surface area contributed by atoms with Gasteiger partial charge in [0.05, 0.1) is 31.7 Å². The molecule has 2 fully saturated rings. The van der Waals surface area contributed by atoms with Crippen molar-refractivity contribution in [1.29, 1.82) is 0 Å². The minimum absolute atomic E-state index is 0.0424. The van der Waals surface area contributed by atoms with Gasteiger partial charge in [-0.2, -0.15) is 9.97 Å². The SMILES string of the molecule is O=P(O)(O)COC[C@H]1OC(n2cnc3c(N[C@@H]4CCOC4)nc(Cl)nc32)C[C@@H]1O. The molecular formula is C15H21ClN5O7P. The fourth-order valence-electron chi connectivity index (χ4n) is 3.37. The van der Waals surface area contributed by atoms with Crippen molar-refractivity contribution in [3.8, 4) is 0 Å². The third-order valence-electron chi connectivity index (χ3n) is 4.72. The quantitative estimate of drug-likeness (QED) is 0.343. The molecule has 0 aliphatic carbocycles.